The minimum atomic E-state index is 0.195. The van der Waals surface area contributed by atoms with Gasteiger partial charge in [0.1, 0.15) is 17.3 Å². The number of methoxy groups -OCH3 is 1. The molecule has 0 atom stereocenters. The van der Waals surface area contributed by atoms with Crippen molar-refractivity contribution in [2.24, 2.45) is 0 Å². The molecule has 2 aromatic rings. The van der Waals surface area contributed by atoms with E-state index < -0.39 is 0 Å². The molecule has 1 aliphatic heterocycles. The highest BCUT2D eigenvalue weighted by Crippen LogP contribution is 2.15. The molecule has 3 rings (SSSR count). The molecule has 5 nitrogen and oxygen atoms in total. The molecule has 0 unspecified atom stereocenters. The Morgan fingerprint density at radius 1 is 1.08 bits per heavy atom. The average molecular weight is 342 g/mol. The van der Waals surface area contributed by atoms with Gasteiger partial charge in [-0.25, -0.2) is 0 Å². The van der Waals surface area contributed by atoms with Crippen molar-refractivity contribution in [3.8, 4) is 5.75 Å². The smallest absolute Gasteiger partial charge is 0.227 e. The van der Waals surface area contributed by atoms with Crippen LogP contribution >= 0.6 is 0 Å². The van der Waals surface area contributed by atoms with E-state index in [2.05, 4.69) is 4.90 Å². The highest BCUT2D eigenvalue weighted by atomic mass is 16.5. The third-order valence-electron chi connectivity index (χ3n) is 4.63. The first-order valence-electron chi connectivity index (χ1n) is 8.82. The Balaban J connectivity index is 1.52. The summed E-state index contributed by atoms with van der Waals surface area (Å²) in [6.45, 7) is 6.25. The molecule has 0 radical (unpaired) electrons. The van der Waals surface area contributed by atoms with E-state index in [1.165, 1.54) is 0 Å². The number of hydrogen-bond acceptors (Lipinski definition) is 4. The second kappa shape index (κ2) is 8.21. The number of benzene rings is 1. The lowest BCUT2D eigenvalue weighted by Gasteiger charge is -2.21. The van der Waals surface area contributed by atoms with Crippen LogP contribution in [0.1, 0.15) is 23.5 Å². The van der Waals surface area contributed by atoms with Gasteiger partial charge in [0.25, 0.3) is 0 Å². The molecule has 5 heteroatoms. The summed E-state index contributed by atoms with van der Waals surface area (Å²) in [6.07, 6.45) is 1.44. The number of furan rings is 1. The number of hydrogen-bond donors (Lipinski definition) is 0. The predicted octanol–water partition coefficient (Wildman–Crippen LogP) is 2.87. The lowest BCUT2D eigenvalue weighted by molar-refractivity contribution is -0.130. The largest absolute Gasteiger partial charge is 0.497 e. The van der Waals surface area contributed by atoms with Gasteiger partial charge in [-0.1, -0.05) is 12.1 Å². The van der Waals surface area contributed by atoms with Crippen molar-refractivity contribution in [1.29, 1.82) is 0 Å². The van der Waals surface area contributed by atoms with Gasteiger partial charge < -0.3 is 14.1 Å². The molecule has 2 heterocycles. The van der Waals surface area contributed by atoms with Crippen molar-refractivity contribution < 1.29 is 13.9 Å². The third kappa shape index (κ3) is 4.86. The fourth-order valence-corrected chi connectivity index (χ4v) is 3.20. The van der Waals surface area contributed by atoms with Gasteiger partial charge in [-0.2, -0.15) is 0 Å². The molecule has 134 valence electrons. The molecule has 0 N–H and O–H groups in total. The van der Waals surface area contributed by atoms with E-state index >= 15 is 0 Å². The monoisotopic (exact) mass is 342 g/mol. The number of amides is 1. The molecular weight excluding hydrogens is 316 g/mol. The lowest BCUT2D eigenvalue weighted by Crippen LogP contribution is -2.36. The standard InChI is InChI=1S/C20H26N2O3/c1-16-4-7-19(25-16)15-21-10-3-11-22(13-12-21)20(23)14-17-5-8-18(24-2)9-6-17/h4-9H,3,10-15H2,1-2H3. The predicted molar refractivity (Wildman–Crippen MR) is 96.6 cm³/mol. The quantitative estimate of drug-likeness (QED) is 0.838. The van der Waals surface area contributed by atoms with Crippen LogP contribution in [0, 0.1) is 6.92 Å². The van der Waals surface area contributed by atoms with Gasteiger partial charge in [0.05, 0.1) is 20.1 Å². The number of nitrogens with zero attached hydrogens (tertiary/aromatic N) is 2. The van der Waals surface area contributed by atoms with Crippen molar-refractivity contribution in [3.05, 3.63) is 53.5 Å². The molecular formula is C20H26N2O3. The van der Waals surface area contributed by atoms with E-state index in [4.69, 9.17) is 9.15 Å². The van der Waals surface area contributed by atoms with Crippen LogP contribution in [-0.4, -0.2) is 49.0 Å². The van der Waals surface area contributed by atoms with Gasteiger partial charge in [0, 0.05) is 26.2 Å². The maximum Gasteiger partial charge on any atom is 0.227 e. The van der Waals surface area contributed by atoms with Crippen LogP contribution in [0.5, 0.6) is 5.75 Å². The van der Waals surface area contributed by atoms with Gasteiger partial charge in [-0.05, 0) is 43.2 Å². The molecule has 1 aromatic heterocycles. The average Bonchev–Trinajstić information content (AvgIpc) is 2.88. The number of aryl methyl sites for hydroxylation is 1. The molecule has 1 saturated heterocycles. The van der Waals surface area contributed by atoms with Crippen molar-refractivity contribution in [2.45, 2.75) is 26.3 Å². The highest BCUT2D eigenvalue weighted by molar-refractivity contribution is 5.78. The zero-order chi connectivity index (χ0) is 17.6. The molecule has 0 bridgehead atoms. The normalized spacial score (nSPS) is 15.8. The lowest BCUT2D eigenvalue weighted by atomic mass is 10.1. The third-order valence-corrected chi connectivity index (χ3v) is 4.63. The molecule has 1 fully saturated rings. The maximum atomic E-state index is 12.6. The van der Waals surface area contributed by atoms with E-state index in [0.29, 0.717) is 6.42 Å². The zero-order valence-electron chi connectivity index (χ0n) is 15.0. The summed E-state index contributed by atoms with van der Waals surface area (Å²) in [6, 6.07) is 11.8. The van der Waals surface area contributed by atoms with Crippen LogP contribution in [0.15, 0.2) is 40.8 Å². The Labute approximate surface area is 149 Å². The Hall–Kier alpha value is -2.27. The van der Waals surface area contributed by atoms with Crippen LogP contribution in [0.3, 0.4) is 0 Å². The molecule has 0 saturated carbocycles. The molecule has 1 amide bonds. The summed E-state index contributed by atoms with van der Waals surface area (Å²) < 4.78 is 10.8. The summed E-state index contributed by atoms with van der Waals surface area (Å²) in [5, 5.41) is 0. The maximum absolute atomic E-state index is 12.6. The van der Waals surface area contributed by atoms with E-state index in [1.807, 2.05) is 48.2 Å². The Kier molecular flexibility index (Phi) is 5.76. The molecule has 1 aliphatic rings. The number of ether oxygens (including phenoxy) is 1. The van der Waals surface area contributed by atoms with Crippen molar-refractivity contribution >= 4 is 5.91 Å². The highest BCUT2D eigenvalue weighted by Gasteiger charge is 2.20. The van der Waals surface area contributed by atoms with E-state index in [9.17, 15) is 4.79 Å². The molecule has 0 aliphatic carbocycles. The van der Waals surface area contributed by atoms with E-state index in [0.717, 1.165) is 62.0 Å². The van der Waals surface area contributed by atoms with E-state index in [-0.39, 0.29) is 5.91 Å². The van der Waals surface area contributed by atoms with Crippen LogP contribution in [0.2, 0.25) is 0 Å². The number of rotatable bonds is 5. The Morgan fingerprint density at radius 2 is 1.88 bits per heavy atom. The van der Waals surface area contributed by atoms with Crippen molar-refractivity contribution in [1.82, 2.24) is 9.80 Å². The number of carbonyl (C=O) groups excluding carboxylic acids is 1. The van der Waals surface area contributed by atoms with Crippen LogP contribution in [0.4, 0.5) is 0 Å². The van der Waals surface area contributed by atoms with Gasteiger partial charge in [0.15, 0.2) is 0 Å². The fraction of sp³-hybridized carbons (Fsp3) is 0.450. The SMILES string of the molecule is COc1ccc(CC(=O)N2CCCN(Cc3ccc(C)o3)CC2)cc1. The summed E-state index contributed by atoms with van der Waals surface area (Å²) in [5.74, 6) is 2.95. The van der Waals surface area contributed by atoms with Crippen molar-refractivity contribution in [3.63, 3.8) is 0 Å². The first-order valence-corrected chi connectivity index (χ1v) is 8.82. The summed E-state index contributed by atoms with van der Waals surface area (Å²) >= 11 is 0. The Morgan fingerprint density at radius 3 is 2.56 bits per heavy atom. The first-order chi connectivity index (χ1) is 12.1. The van der Waals surface area contributed by atoms with Gasteiger partial charge in [-0.15, -0.1) is 0 Å². The summed E-state index contributed by atoms with van der Waals surface area (Å²) in [7, 11) is 1.65. The van der Waals surface area contributed by atoms with Crippen LogP contribution in [-0.2, 0) is 17.8 Å². The zero-order valence-corrected chi connectivity index (χ0v) is 15.0. The molecule has 25 heavy (non-hydrogen) atoms. The van der Waals surface area contributed by atoms with E-state index in [1.54, 1.807) is 7.11 Å². The molecule has 0 spiro atoms. The van der Waals surface area contributed by atoms with Gasteiger partial charge >= 0.3 is 0 Å². The second-order valence-electron chi connectivity index (χ2n) is 6.55. The minimum Gasteiger partial charge on any atom is -0.497 e. The number of carbonyl (C=O) groups is 1. The van der Waals surface area contributed by atoms with Crippen LogP contribution in [0.25, 0.3) is 0 Å². The van der Waals surface area contributed by atoms with Crippen molar-refractivity contribution in [2.75, 3.05) is 33.3 Å². The topological polar surface area (TPSA) is 45.9 Å². The van der Waals surface area contributed by atoms with Gasteiger partial charge in [0.2, 0.25) is 5.91 Å². The minimum absolute atomic E-state index is 0.195. The first kappa shape index (κ1) is 17.5. The summed E-state index contributed by atoms with van der Waals surface area (Å²) in [4.78, 5) is 16.9. The Bertz CT molecular complexity index is 693. The molecule has 1 aromatic carbocycles. The summed E-state index contributed by atoms with van der Waals surface area (Å²) in [5.41, 5.74) is 1.03. The van der Waals surface area contributed by atoms with Crippen LogP contribution < -0.4 is 4.74 Å². The second-order valence-corrected chi connectivity index (χ2v) is 6.55. The fourth-order valence-electron chi connectivity index (χ4n) is 3.20. The van der Waals surface area contributed by atoms with Gasteiger partial charge in [-0.3, -0.25) is 9.69 Å².